The number of benzene rings is 2. The van der Waals surface area contributed by atoms with Crippen molar-refractivity contribution in [3.05, 3.63) is 53.6 Å². The van der Waals surface area contributed by atoms with E-state index in [1.807, 2.05) is 18.7 Å². The van der Waals surface area contributed by atoms with Crippen LogP contribution in [0.4, 0.5) is 0 Å². The fraction of sp³-hybridized carbons (Fsp3) is 0.556. The summed E-state index contributed by atoms with van der Waals surface area (Å²) < 4.78 is 23.1. The Bertz CT molecular complexity index is 824. The van der Waals surface area contributed by atoms with E-state index in [2.05, 4.69) is 70.2 Å². The zero-order valence-corrected chi connectivity index (χ0v) is 21.0. The minimum atomic E-state index is -0.254. The van der Waals surface area contributed by atoms with E-state index in [1.165, 1.54) is 23.3 Å². The van der Waals surface area contributed by atoms with Gasteiger partial charge in [-0.25, -0.2) is 0 Å². The Morgan fingerprint density at radius 3 is 2.22 bits per heavy atom. The summed E-state index contributed by atoms with van der Waals surface area (Å²) in [6, 6.07) is 14.8. The second-order valence-electron chi connectivity index (χ2n) is 8.90. The Balaban J connectivity index is 1.60. The largest absolute Gasteiger partial charge is 0.493 e. The highest BCUT2D eigenvalue weighted by atomic mass is 32.2. The highest BCUT2D eigenvalue weighted by Gasteiger charge is 2.30. The van der Waals surface area contributed by atoms with Crippen LogP contribution in [-0.4, -0.2) is 31.5 Å². The van der Waals surface area contributed by atoms with Gasteiger partial charge in [0.2, 0.25) is 0 Å². The van der Waals surface area contributed by atoms with Crippen LogP contribution in [0.2, 0.25) is 0 Å². The maximum Gasteiger partial charge on any atom is 0.197 e. The first kappa shape index (κ1) is 24.9. The summed E-state index contributed by atoms with van der Waals surface area (Å²) in [5.74, 6) is 2.89. The van der Waals surface area contributed by atoms with Crippen LogP contribution in [0.15, 0.2) is 47.4 Å². The van der Waals surface area contributed by atoms with E-state index in [0.717, 1.165) is 42.3 Å². The van der Waals surface area contributed by atoms with Crippen molar-refractivity contribution in [3.63, 3.8) is 0 Å². The minimum Gasteiger partial charge on any atom is -0.493 e. The van der Waals surface area contributed by atoms with Crippen molar-refractivity contribution < 1.29 is 18.9 Å². The maximum absolute atomic E-state index is 6.28. The smallest absolute Gasteiger partial charge is 0.197 e. The Morgan fingerprint density at radius 2 is 1.62 bits per heavy atom. The van der Waals surface area contributed by atoms with Crippen LogP contribution in [0.25, 0.3) is 0 Å². The average Bonchev–Trinajstić information content (AvgIpc) is 2.75. The fourth-order valence-electron chi connectivity index (χ4n) is 4.17. The van der Waals surface area contributed by atoms with E-state index in [4.69, 9.17) is 18.9 Å². The summed E-state index contributed by atoms with van der Waals surface area (Å²) in [7, 11) is 0. The van der Waals surface area contributed by atoms with Gasteiger partial charge in [0.25, 0.3) is 0 Å². The van der Waals surface area contributed by atoms with Crippen molar-refractivity contribution in [2.24, 2.45) is 5.41 Å². The van der Waals surface area contributed by atoms with Gasteiger partial charge in [-0.15, -0.1) is 11.8 Å². The molecule has 0 aromatic heterocycles. The van der Waals surface area contributed by atoms with Gasteiger partial charge in [0.15, 0.2) is 12.6 Å². The lowest BCUT2D eigenvalue weighted by Gasteiger charge is -2.33. The van der Waals surface area contributed by atoms with Gasteiger partial charge in [0, 0.05) is 16.1 Å². The SMILES string of the molecule is CCCC(CCC)(COc1ccc(C)cc1)CSc1ccc(OCC2OC(C)O2)c(C)c1. The lowest BCUT2D eigenvalue weighted by molar-refractivity contribution is -0.380. The molecule has 32 heavy (non-hydrogen) atoms. The number of hydrogen-bond acceptors (Lipinski definition) is 5. The van der Waals surface area contributed by atoms with Crippen LogP contribution in [-0.2, 0) is 9.47 Å². The number of hydrogen-bond donors (Lipinski definition) is 0. The molecule has 0 N–H and O–H groups in total. The maximum atomic E-state index is 6.28. The molecule has 0 bridgehead atoms. The number of rotatable bonds is 13. The molecule has 0 unspecified atom stereocenters. The van der Waals surface area contributed by atoms with Crippen molar-refractivity contribution in [3.8, 4) is 11.5 Å². The molecule has 0 amide bonds. The van der Waals surface area contributed by atoms with Gasteiger partial charge in [-0.2, -0.15) is 0 Å². The Morgan fingerprint density at radius 1 is 0.938 bits per heavy atom. The number of aryl methyl sites for hydroxylation is 2. The third-order valence-electron chi connectivity index (χ3n) is 5.88. The van der Waals surface area contributed by atoms with Gasteiger partial charge < -0.3 is 18.9 Å². The summed E-state index contributed by atoms with van der Waals surface area (Å²) in [6.45, 7) is 11.8. The van der Waals surface area contributed by atoms with Crippen molar-refractivity contribution in [1.82, 2.24) is 0 Å². The third kappa shape index (κ3) is 7.16. The molecule has 2 aromatic carbocycles. The molecule has 0 saturated carbocycles. The summed E-state index contributed by atoms with van der Waals surface area (Å²) in [4.78, 5) is 1.27. The summed E-state index contributed by atoms with van der Waals surface area (Å²) in [5, 5.41) is 0. The normalized spacial score (nSPS) is 18.3. The van der Waals surface area contributed by atoms with Crippen LogP contribution in [0.5, 0.6) is 11.5 Å². The van der Waals surface area contributed by atoms with Crippen LogP contribution < -0.4 is 9.47 Å². The Labute approximate surface area is 198 Å². The van der Waals surface area contributed by atoms with Crippen LogP contribution in [0.1, 0.15) is 57.6 Å². The zero-order chi connectivity index (χ0) is 23.0. The van der Waals surface area contributed by atoms with Crippen molar-refractivity contribution in [2.45, 2.75) is 77.8 Å². The lowest BCUT2D eigenvalue weighted by atomic mass is 9.82. The molecule has 0 radical (unpaired) electrons. The van der Waals surface area contributed by atoms with Gasteiger partial charge in [0.1, 0.15) is 18.1 Å². The average molecular weight is 459 g/mol. The summed E-state index contributed by atoms with van der Waals surface area (Å²) >= 11 is 1.92. The van der Waals surface area contributed by atoms with Crippen LogP contribution >= 0.6 is 11.8 Å². The highest BCUT2D eigenvalue weighted by molar-refractivity contribution is 7.99. The molecule has 2 aromatic rings. The second-order valence-corrected chi connectivity index (χ2v) is 9.95. The first-order chi connectivity index (χ1) is 15.4. The molecule has 3 rings (SSSR count). The van der Waals surface area contributed by atoms with E-state index >= 15 is 0 Å². The van der Waals surface area contributed by atoms with Gasteiger partial charge >= 0.3 is 0 Å². The molecule has 1 fully saturated rings. The number of thioether (sulfide) groups is 1. The van der Waals surface area contributed by atoms with Gasteiger partial charge in [-0.1, -0.05) is 44.4 Å². The Hall–Kier alpha value is -1.69. The van der Waals surface area contributed by atoms with Crippen LogP contribution in [0.3, 0.4) is 0 Å². The molecule has 4 nitrogen and oxygen atoms in total. The van der Waals surface area contributed by atoms with E-state index in [0.29, 0.717) is 6.61 Å². The van der Waals surface area contributed by atoms with E-state index in [1.54, 1.807) is 0 Å². The second kappa shape index (κ2) is 12.0. The van der Waals surface area contributed by atoms with E-state index in [-0.39, 0.29) is 18.0 Å². The Kier molecular flexibility index (Phi) is 9.33. The zero-order valence-electron chi connectivity index (χ0n) is 20.2. The molecule has 0 atom stereocenters. The predicted molar refractivity (Wildman–Crippen MR) is 132 cm³/mol. The molecule has 0 aliphatic carbocycles. The van der Waals surface area contributed by atoms with Crippen LogP contribution in [0, 0.1) is 19.3 Å². The topological polar surface area (TPSA) is 36.9 Å². The van der Waals surface area contributed by atoms with Gasteiger partial charge in [-0.3, -0.25) is 0 Å². The molecular weight excluding hydrogens is 420 g/mol. The van der Waals surface area contributed by atoms with E-state index < -0.39 is 0 Å². The molecule has 1 heterocycles. The highest BCUT2D eigenvalue weighted by Crippen LogP contribution is 2.38. The third-order valence-corrected chi connectivity index (χ3v) is 7.22. The van der Waals surface area contributed by atoms with Gasteiger partial charge in [0.05, 0.1) is 6.61 Å². The first-order valence-corrected chi connectivity index (χ1v) is 12.8. The fourth-order valence-corrected chi connectivity index (χ4v) is 5.44. The van der Waals surface area contributed by atoms with Crippen molar-refractivity contribution in [1.29, 1.82) is 0 Å². The first-order valence-electron chi connectivity index (χ1n) is 11.8. The summed E-state index contributed by atoms with van der Waals surface area (Å²) in [5.41, 5.74) is 2.55. The van der Waals surface area contributed by atoms with Crippen molar-refractivity contribution in [2.75, 3.05) is 19.0 Å². The predicted octanol–water partition coefficient (Wildman–Crippen LogP) is 7.16. The standard InChI is InChI=1S/C27H38O4S/c1-6-14-27(15-7-2,18-29-23-10-8-20(3)9-11-23)19-32-24-12-13-25(21(4)16-24)28-17-26-30-22(5)31-26/h8-13,16,22,26H,6-7,14-15,17-19H2,1-5H3. The summed E-state index contributed by atoms with van der Waals surface area (Å²) in [6.07, 6.45) is 4.28. The molecule has 1 saturated heterocycles. The van der Waals surface area contributed by atoms with E-state index in [9.17, 15) is 0 Å². The molecule has 0 spiro atoms. The molecule has 176 valence electrons. The molecular formula is C27H38O4S. The number of ether oxygens (including phenoxy) is 4. The molecule has 5 heteroatoms. The monoisotopic (exact) mass is 458 g/mol. The van der Waals surface area contributed by atoms with Gasteiger partial charge in [-0.05, 0) is 69.5 Å². The van der Waals surface area contributed by atoms with Crippen molar-refractivity contribution >= 4 is 11.8 Å². The molecule has 1 aliphatic rings. The minimum absolute atomic E-state index is 0.120. The lowest BCUT2D eigenvalue weighted by Crippen LogP contribution is -2.42. The molecule has 1 aliphatic heterocycles. The quantitative estimate of drug-likeness (QED) is 0.298.